The van der Waals surface area contributed by atoms with Crippen LogP contribution in [0.2, 0.25) is 0 Å². The maximum Gasteiger partial charge on any atom is 0.244 e. The first-order valence-electron chi connectivity index (χ1n) is 6.84. The number of benzene rings is 1. The smallest absolute Gasteiger partial charge is 0.244 e. The molecule has 0 unspecified atom stereocenters. The minimum absolute atomic E-state index is 0.0222. The van der Waals surface area contributed by atoms with Crippen LogP contribution in [0.3, 0.4) is 0 Å². The standard InChI is InChI=1S/C14H21BrN2O2S/c1-10-5-6-13(15)14(8-10)20(18,19)17-7-3-4-12(9-17)11(2)16/h5-6,8,11-12H,3-4,7,9,16H2,1-2H3/t11-,12-/m1/s1. The lowest BCUT2D eigenvalue weighted by molar-refractivity contribution is 0.243. The normalized spacial score (nSPS) is 22.7. The second kappa shape index (κ2) is 6.13. The Balaban J connectivity index is 2.32. The number of hydrogen-bond donors (Lipinski definition) is 1. The quantitative estimate of drug-likeness (QED) is 0.900. The molecule has 0 aromatic heterocycles. The summed E-state index contributed by atoms with van der Waals surface area (Å²) in [4.78, 5) is 0.350. The molecule has 20 heavy (non-hydrogen) atoms. The summed E-state index contributed by atoms with van der Waals surface area (Å²) in [5.74, 6) is 0.238. The van der Waals surface area contributed by atoms with Gasteiger partial charge < -0.3 is 5.73 Å². The molecule has 112 valence electrons. The molecular weight excluding hydrogens is 340 g/mol. The fraction of sp³-hybridized carbons (Fsp3) is 0.571. The van der Waals surface area contributed by atoms with Crippen molar-refractivity contribution in [2.45, 2.75) is 37.6 Å². The molecule has 1 fully saturated rings. The molecule has 0 bridgehead atoms. The zero-order chi connectivity index (χ0) is 14.9. The number of aryl methyl sites for hydroxylation is 1. The summed E-state index contributed by atoms with van der Waals surface area (Å²) in [7, 11) is -3.45. The Morgan fingerprint density at radius 1 is 1.45 bits per heavy atom. The fourth-order valence-corrected chi connectivity index (χ4v) is 5.11. The molecule has 0 saturated carbocycles. The average molecular weight is 361 g/mol. The van der Waals surface area contributed by atoms with Crippen molar-refractivity contribution in [2.75, 3.05) is 13.1 Å². The van der Waals surface area contributed by atoms with Crippen LogP contribution < -0.4 is 5.73 Å². The monoisotopic (exact) mass is 360 g/mol. The minimum Gasteiger partial charge on any atom is -0.328 e. The van der Waals surface area contributed by atoms with Crippen molar-refractivity contribution in [2.24, 2.45) is 11.7 Å². The van der Waals surface area contributed by atoms with E-state index in [1.54, 1.807) is 16.4 Å². The third kappa shape index (κ3) is 3.24. The van der Waals surface area contributed by atoms with Crippen molar-refractivity contribution < 1.29 is 8.42 Å². The van der Waals surface area contributed by atoms with Gasteiger partial charge in [0.15, 0.2) is 0 Å². The summed E-state index contributed by atoms with van der Waals surface area (Å²) in [6, 6.07) is 5.42. The highest BCUT2D eigenvalue weighted by Crippen LogP contribution is 2.29. The van der Waals surface area contributed by atoms with Crippen LogP contribution in [0.1, 0.15) is 25.3 Å². The van der Waals surface area contributed by atoms with Crippen LogP contribution in [0.4, 0.5) is 0 Å². The molecule has 0 aliphatic carbocycles. The first kappa shape index (κ1) is 15.9. The van der Waals surface area contributed by atoms with Gasteiger partial charge in [-0.05, 0) is 66.2 Å². The molecular formula is C14H21BrN2O2S. The number of hydrogen-bond acceptors (Lipinski definition) is 3. The molecule has 1 heterocycles. The number of sulfonamides is 1. The molecule has 0 spiro atoms. The Labute approximate surface area is 129 Å². The van der Waals surface area contributed by atoms with Gasteiger partial charge in [-0.2, -0.15) is 4.31 Å². The zero-order valence-electron chi connectivity index (χ0n) is 11.8. The van der Waals surface area contributed by atoms with Crippen LogP contribution in [-0.4, -0.2) is 31.9 Å². The Morgan fingerprint density at radius 2 is 2.15 bits per heavy atom. The Bertz CT molecular complexity index is 587. The van der Waals surface area contributed by atoms with E-state index >= 15 is 0 Å². The van der Waals surface area contributed by atoms with Crippen molar-refractivity contribution in [3.63, 3.8) is 0 Å². The predicted octanol–water partition coefficient (Wildman–Crippen LogP) is 2.51. The molecule has 1 aliphatic rings. The number of halogens is 1. The van der Waals surface area contributed by atoms with Gasteiger partial charge >= 0.3 is 0 Å². The third-order valence-electron chi connectivity index (χ3n) is 3.87. The van der Waals surface area contributed by atoms with E-state index in [-0.39, 0.29) is 12.0 Å². The molecule has 2 rings (SSSR count). The lowest BCUT2D eigenvalue weighted by Crippen LogP contribution is -2.45. The Morgan fingerprint density at radius 3 is 2.80 bits per heavy atom. The first-order valence-corrected chi connectivity index (χ1v) is 9.07. The second-order valence-electron chi connectivity index (χ2n) is 5.56. The topological polar surface area (TPSA) is 63.4 Å². The van der Waals surface area contributed by atoms with Gasteiger partial charge in [0.1, 0.15) is 0 Å². The van der Waals surface area contributed by atoms with E-state index in [9.17, 15) is 8.42 Å². The zero-order valence-corrected chi connectivity index (χ0v) is 14.2. The first-order chi connectivity index (χ1) is 9.32. The Hall–Kier alpha value is -0.430. The third-order valence-corrected chi connectivity index (χ3v) is 6.73. The van der Waals surface area contributed by atoms with Crippen molar-refractivity contribution in [1.82, 2.24) is 4.31 Å². The van der Waals surface area contributed by atoms with Crippen molar-refractivity contribution in [3.05, 3.63) is 28.2 Å². The molecule has 6 heteroatoms. The number of rotatable bonds is 3. The van der Waals surface area contributed by atoms with E-state index in [1.807, 2.05) is 19.9 Å². The molecule has 2 N–H and O–H groups in total. The van der Waals surface area contributed by atoms with Gasteiger partial charge in [0.2, 0.25) is 10.0 Å². The van der Waals surface area contributed by atoms with E-state index in [1.165, 1.54) is 0 Å². The lowest BCUT2D eigenvalue weighted by atomic mass is 9.93. The predicted molar refractivity (Wildman–Crippen MR) is 84.0 cm³/mol. The SMILES string of the molecule is Cc1ccc(Br)c(S(=O)(=O)N2CCC[C@@H]([C@@H](C)N)C2)c1. The maximum absolute atomic E-state index is 12.8. The molecule has 0 amide bonds. The highest BCUT2D eigenvalue weighted by atomic mass is 79.9. The molecule has 4 nitrogen and oxygen atoms in total. The minimum atomic E-state index is -3.45. The van der Waals surface area contributed by atoms with Crippen LogP contribution in [0.15, 0.2) is 27.6 Å². The summed E-state index contributed by atoms with van der Waals surface area (Å²) < 4.78 is 27.8. The average Bonchev–Trinajstić information content (AvgIpc) is 2.41. The summed E-state index contributed by atoms with van der Waals surface area (Å²) in [5.41, 5.74) is 6.87. The van der Waals surface area contributed by atoms with E-state index in [0.29, 0.717) is 22.5 Å². The van der Waals surface area contributed by atoms with Crippen LogP contribution in [-0.2, 0) is 10.0 Å². The molecule has 1 aromatic rings. The van der Waals surface area contributed by atoms with E-state index in [4.69, 9.17) is 5.73 Å². The molecule has 1 aromatic carbocycles. The summed E-state index contributed by atoms with van der Waals surface area (Å²) in [6.07, 6.45) is 1.87. The van der Waals surface area contributed by atoms with Crippen LogP contribution in [0.25, 0.3) is 0 Å². The summed E-state index contributed by atoms with van der Waals surface area (Å²) in [5, 5.41) is 0. The number of nitrogens with zero attached hydrogens (tertiary/aromatic N) is 1. The molecule has 1 saturated heterocycles. The second-order valence-corrected chi connectivity index (χ2v) is 8.32. The summed E-state index contributed by atoms with van der Waals surface area (Å²) >= 11 is 3.35. The van der Waals surface area contributed by atoms with Crippen molar-refractivity contribution >= 4 is 26.0 Å². The fourth-order valence-electron chi connectivity index (χ4n) is 2.57. The Kier molecular flexibility index (Phi) is 4.89. The highest BCUT2D eigenvalue weighted by molar-refractivity contribution is 9.10. The molecule has 1 aliphatic heterocycles. The van der Waals surface area contributed by atoms with Gasteiger partial charge in [0.05, 0.1) is 4.90 Å². The van der Waals surface area contributed by atoms with Crippen LogP contribution in [0.5, 0.6) is 0 Å². The molecule has 0 radical (unpaired) electrons. The maximum atomic E-state index is 12.8. The van der Waals surface area contributed by atoms with Gasteiger partial charge in [0.25, 0.3) is 0 Å². The van der Waals surface area contributed by atoms with E-state index < -0.39 is 10.0 Å². The van der Waals surface area contributed by atoms with E-state index in [0.717, 1.165) is 18.4 Å². The van der Waals surface area contributed by atoms with Crippen molar-refractivity contribution in [1.29, 1.82) is 0 Å². The van der Waals surface area contributed by atoms with Crippen LogP contribution >= 0.6 is 15.9 Å². The van der Waals surface area contributed by atoms with Gasteiger partial charge in [-0.25, -0.2) is 8.42 Å². The van der Waals surface area contributed by atoms with E-state index in [2.05, 4.69) is 15.9 Å². The highest BCUT2D eigenvalue weighted by Gasteiger charge is 2.32. The van der Waals surface area contributed by atoms with Gasteiger partial charge in [0, 0.05) is 23.6 Å². The van der Waals surface area contributed by atoms with Gasteiger partial charge in [-0.3, -0.25) is 0 Å². The number of piperidine rings is 1. The summed E-state index contributed by atoms with van der Waals surface area (Å²) in [6.45, 7) is 4.93. The largest absolute Gasteiger partial charge is 0.328 e. The lowest BCUT2D eigenvalue weighted by Gasteiger charge is -2.34. The van der Waals surface area contributed by atoms with Crippen LogP contribution in [0, 0.1) is 12.8 Å². The van der Waals surface area contributed by atoms with Gasteiger partial charge in [-0.1, -0.05) is 6.07 Å². The molecule has 2 atom stereocenters. The number of nitrogens with two attached hydrogens (primary N) is 1. The van der Waals surface area contributed by atoms with Gasteiger partial charge in [-0.15, -0.1) is 0 Å². The van der Waals surface area contributed by atoms with Crippen molar-refractivity contribution in [3.8, 4) is 0 Å².